The molecule has 0 aliphatic carbocycles. The van der Waals surface area contributed by atoms with Crippen molar-refractivity contribution in [1.82, 2.24) is 10.2 Å². The number of rotatable bonds is 5. The quantitative estimate of drug-likeness (QED) is 0.881. The fraction of sp³-hybridized carbons (Fsp3) is 0.556. The van der Waals surface area contributed by atoms with Gasteiger partial charge in [-0.05, 0) is 30.7 Å². The fourth-order valence-electron chi connectivity index (χ4n) is 3.03. The van der Waals surface area contributed by atoms with Gasteiger partial charge in [0.15, 0.2) is 0 Å². The third-order valence-electron chi connectivity index (χ3n) is 4.64. The lowest BCUT2D eigenvalue weighted by atomic mass is 9.95. The van der Waals surface area contributed by atoms with Crippen LogP contribution in [0.1, 0.15) is 37.7 Å². The van der Waals surface area contributed by atoms with Crippen molar-refractivity contribution in [1.29, 1.82) is 0 Å². The summed E-state index contributed by atoms with van der Waals surface area (Å²) in [5.41, 5.74) is 1.20. The fourth-order valence-corrected chi connectivity index (χ4v) is 3.03. The summed E-state index contributed by atoms with van der Waals surface area (Å²) in [4.78, 5) is 24.1. The first kappa shape index (κ1) is 19.3. The van der Waals surface area contributed by atoms with Crippen molar-refractivity contribution in [2.45, 2.75) is 38.3 Å². The zero-order valence-electron chi connectivity index (χ0n) is 14.2. The molecule has 1 aromatic carbocycles. The van der Waals surface area contributed by atoms with Gasteiger partial charge in [0.1, 0.15) is 0 Å². The Balaban J connectivity index is 1.71. The molecule has 1 heterocycles. The molecule has 1 fully saturated rings. The van der Waals surface area contributed by atoms with E-state index in [1.54, 1.807) is 0 Å². The van der Waals surface area contributed by atoms with Gasteiger partial charge in [0.2, 0.25) is 5.91 Å². The van der Waals surface area contributed by atoms with E-state index in [1.165, 1.54) is 5.56 Å². The highest BCUT2D eigenvalue weighted by Gasteiger charge is 2.43. The van der Waals surface area contributed by atoms with Gasteiger partial charge in [-0.25, -0.2) is 0 Å². The first-order valence-electron chi connectivity index (χ1n) is 8.47. The first-order valence-corrected chi connectivity index (χ1v) is 8.47. The average molecular weight is 356 g/mol. The van der Waals surface area contributed by atoms with E-state index in [4.69, 9.17) is 0 Å². The predicted molar refractivity (Wildman–Crippen MR) is 87.8 cm³/mol. The Morgan fingerprint density at radius 2 is 1.80 bits per heavy atom. The summed E-state index contributed by atoms with van der Waals surface area (Å²) in [5.74, 6) is -1.97. The summed E-state index contributed by atoms with van der Waals surface area (Å²) in [6.07, 6.45) is -3.52. The van der Waals surface area contributed by atoms with Crippen LogP contribution in [-0.4, -0.2) is 42.5 Å². The molecule has 7 heteroatoms. The van der Waals surface area contributed by atoms with Gasteiger partial charge >= 0.3 is 12.1 Å². The van der Waals surface area contributed by atoms with Crippen molar-refractivity contribution in [3.63, 3.8) is 0 Å². The van der Waals surface area contributed by atoms with Crippen LogP contribution in [0.5, 0.6) is 0 Å². The number of amides is 2. The Morgan fingerprint density at radius 3 is 2.36 bits per heavy atom. The topological polar surface area (TPSA) is 49.4 Å². The lowest BCUT2D eigenvalue weighted by Crippen LogP contribution is -2.47. The van der Waals surface area contributed by atoms with Crippen LogP contribution in [0, 0.1) is 5.92 Å². The largest absolute Gasteiger partial charge is 0.471 e. The van der Waals surface area contributed by atoms with Gasteiger partial charge < -0.3 is 10.2 Å². The minimum Gasteiger partial charge on any atom is -0.356 e. The number of nitrogens with zero attached hydrogens (tertiary/aromatic N) is 1. The minimum absolute atomic E-state index is 0.0309. The van der Waals surface area contributed by atoms with Crippen LogP contribution < -0.4 is 5.32 Å². The number of alkyl halides is 3. The van der Waals surface area contributed by atoms with Crippen molar-refractivity contribution in [2.75, 3.05) is 19.6 Å². The van der Waals surface area contributed by atoms with Crippen molar-refractivity contribution in [3.05, 3.63) is 35.9 Å². The standard InChI is InChI=1S/C18H23F3N2O2/c1-13(14-5-3-2-4-6-14)7-10-22-16(24)15-8-11-23(12-9-15)17(25)18(19,20)21/h2-6,13,15H,7-12H2,1H3,(H,22,24). The zero-order chi connectivity index (χ0) is 18.4. The van der Waals surface area contributed by atoms with Crippen molar-refractivity contribution in [3.8, 4) is 0 Å². The van der Waals surface area contributed by atoms with E-state index < -0.39 is 12.1 Å². The van der Waals surface area contributed by atoms with E-state index in [0.29, 0.717) is 12.5 Å². The van der Waals surface area contributed by atoms with Crippen molar-refractivity contribution >= 4 is 11.8 Å². The molecule has 2 rings (SSSR count). The second-order valence-electron chi connectivity index (χ2n) is 6.46. The summed E-state index contributed by atoms with van der Waals surface area (Å²) in [7, 11) is 0. The van der Waals surface area contributed by atoms with Gasteiger partial charge in [0, 0.05) is 25.6 Å². The number of hydrogen-bond acceptors (Lipinski definition) is 2. The molecule has 1 aromatic rings. The maximum absolute atomic E-state index is 12.4. The third-order valence-corrected chi connectivity index (χ3v) is 4.64. The molecule has 1 aliphatic rings. The number of likely N-dealkylation sites (tertiary alicyclic amines) is 1. The Labute approximate surface area is 145 Å². The summed E-state index contributed by atoms with van der Waals surface area (Å²) in [5, 5.41) is 2.86. The second kappa shape index (κ2) is 8.36. The Hall–Kier alpha value is -2.05. The highest BCUT2D eigenvalue weighted by molar-refractivity contribution is 5.83. The van der Waals surface area contributed by atoms with Gasteiger partial charge in [-0.2, -0.15) is 13.2 Å². The van der Waals surface area contributed by atoms with E-state index in [-0.39, 0.29) is 37.8 Å². The molecule has 1 atom stereocenters. The number of halogens is 3. The highest BCUT2D eigenvalue weighted by atomic mass is 19.4. The van der Waals surface area contributed by atoms with E-state index in [2.05, 4.69) is 12.2 Å². The molecule has 1 unspecified atom stereocenters. The molecule has 2 amide bonds. The molecule has 0 bridgehead atoms. The molecule has 4 nitrogen and oxygen atoms in total. The van der Waals surface area contributed by atoms with Crippen molar-refractivity contribution < 1.29 is 22.8 Å². The zero-order valence-corrected chi connectivity index (χ0v) is 14.2. The lowest BCUT2D eigenvalue weighted by molar-refractivity contribution is -0.186. The van der Waals surface area contributed by atoms with Crippen LogP contribution in [0.25, 0.3) is 0 Å². The van der Waals surface area contributed by atoms with E-state index in [1.807, 2.05) is 30.3 Å². The predicted octanol–water partition coefficient (Wildman–Crippen LogP) is 3.10. The van der Waals surface area contributed by atoms with Crippen LogP contribution in [-0.2, 0) is 9.59 Å². The molecule has 25 heavy (non-hydrogen) atoms. The van der Waals surface area contributed by atoms with Crippen LogP contribution >= 0.6 is 0 Å². The number of hydrogen-bond donors (Lipinski definition) is 1. The Morgan fingerprint density at radius 1 is 1.20 bits per heavy atom. The van der Waals surface area contributed by atoms with E-state index in [9.17, 15) is 22.8 Å². The summed E-state index contributed by atoms with van der Waals surface area (Å²) >= 11 is 0. The molecule has 0 spiro atoms. The van der Waals surface area contributed by atoms with Gasteiger partial charge in [0.05, 0.1) is 0 Å². The number of benzene rings is 1. The SMILES string of the molecule is CC(CCNC(=O)C1CCN(C(=O)C(F)(F)F)CC1)c1ccccc1. The monoisotopic (exact) mass is 356 g/mol. The number of nitrogens with one attached hydrogen (secondary N) is 1. The maximum Gasteiger partial charge on any atom is 0.471 e. The first-order chi connectivity index (χ1) is 11.8. The van der Waals surface area contributed by atoms with E-state index >= 15 is 0 Å². The van der Waals surface area contributed by atoms with Gasteiger partial charge in [-0.1, -0.05) is 37.3 Å². The minimum atomic E-state index is -4.84. The molecule has 1 aliphatic heterocycles. The average Bonchev–Trinajstić information content (AvgIpc) is 2.61. The molecule has 0 radical (unpaired) electrons. The summed E-state index contributed by atoms with van der Waals surface area (Å²) < 4.78 is 37.2. The Kier molecular flexibility index (Phi) is 6.45. The number of carbonyl (C=O) groups excluding carboxylic acids is 2. The molecule has 0 aromatic heterocycles. The highest BCUT2D eigenvalue weighted by Crippen LogP contribution is 2.24. The summed E-state index contributed by atoms with van der Waals surface area (Å²) in [6.45, 7) is 2.55. The molecule has 0 saturated carbocycles. The van der Waals surface area contributed by atoms with E-state index in [0.717, 1.165) is 11.3 Å². The van der Waals surface area contributed by atoms with Crippen LogP contribution in [0.4, 0.5) is 13.2 Å². The van der Waals surface area contributed by atoms with Crippen LogP contribution in [0.2, 0.25) is 0 Å². The van der Waals surface area contributed by atoms with Crippen LogP contribution in [0.15, 0.2) is 30.3 Å². The Bertz CT molecular complexity index is 582. The maximum atomic E-state index is 12.4. The third kappa shape index (κ3) is 5.47. The molecular formula is C18H23F3N2O2. The molecule has 138 valence electrons. The number of carbonyl (C=O) groups is 2. The normalized spacial score (nSPS) is 17.2. The molecule has 1 saturated heterocycles. The smallest absolute Gasteiger partial charge is 0.356 e. The van der Waals surface area contributed by atoms with Gasteiger partial charge in [-0.15, -0.1) is 0 Å². The summed E-state index contributed by atoms with van der Waals surface area (Å²) in [6, 6.07) is 9.98. The molecule has 1 N–H and O–H groups in total. The molecular weight excluding hydrogens is 333 g/mol. The van der Waals surface area contributed by atoms with Gasteiger partial charge in [0.25, 0.3) is 0 Å². The lowest BCUT2D eigenvalue weighted by Gasteiger charge is -2.31. The number of piperidine rings is 1. The van der Waals surface area contributed by atoms with Crippen LogP contribution in [0.3, 0.4) is 0 Å². The second-order valence-corrected chi connectivity index (χ2v) is 6.46. The van der Waals surface area contributed by atoms with Crippen molar-refractivity contribution in [2.24, 2.45) is 5.92 Å². The van der Waals surface area contributed by atoms with Gasteiger partial charge in [-0.3, -0.25) is 9.59 Å².